The third kappa shape index (κ3) is 4.80. The van der Waals surface area contributed by atoms with Gasteiger partial charge in [-0.1, -0.05) is 36.4 Å². The summed E-state index contributed by atoms with van der Waals surface area (Å²) in [6, 6.07) is 19.3. The summed E-state index contributed by atoms with van der Waals surface area (Å²) < 4.78 is 39.8. The van der Waals surface area contributed by atoms with Gasteiger partial charge in [0.2, 0.25) is 0 Å². The Kier molecular flexibility index (Phi) is 6.19. The maximum Gasteiger partial charge on any atom is 0.355 e. The molecule has 5 rings (SSSR count). The van der Waals surface area contributed by atoms with E-state index in [0.29, 0.717) is 23.5 Å². The smallest absolute Gasteiger partial charge is 0.355 e. The van der Waals surface area contributed by atoms with Gasteiger partial charge >= 0.3 is 5.97 Å². The Hall–Kier alpha value is -3.82. The van der Waals surface area contributed by atoms with Crippen molar-refractivity contribution in [2.24, 2.45) is 0 Å². The van der Waals surface area contributed by atoms with E-state index in [9.17, 15) is 22.7 Å². The van der Waals surface area contributed by atoms with Gasteiger partial charge in [-0.15, -0.1) is 11.3 Å². The first kappa shape index (κ1) is 23.9. The average molecular weight is 521 g/mol. The van der Waals surface area contributed by atoms with E-state index in [1.807, 2.05) is 35.0 Å². The SMILES string of the molecule is CS(=O)(=O)c1ccc(Cc2cn(-c3nc(C(=O)O)cs3)c3ccc(Cc4ccccc4F)cc23)cc1. The molecule has 3 aromatic carbocycles. The molecule has 0 aliphatic rings. The first-order valence-corrected chi connectivity index (χ1v) is 13.8. The minimum atomic E-state index is -3.29. The van der Waals surface area contributed by atoms with Gasteiger partial charge in [0.1, 0.15) is 5.82 Å². The lowest BCUT2D eigenvalue weighted by Crippen LogP contribution is -1.98. The van der Waals surface area contributed by atoms with E-state index in [0.717, 1.165) is 27.6 Å². The molecule has 0 spiro atoms. The molecule has 0 saturated carbocycles. The second-order valence-electron chi connectivity index (χ2n) is 8.56. The van der Waals surface area contributed by atoms with E-state index in [2.05, 4.69) is 4.98 Å². The van der Waals surface area contributed by atoms with Gasteiger partial charge < -0.3 is 5.11 Å². The third-order valence-electron chi connectivity index (χ3n) is 5.97. The van der Waals surface area contributed by atoms with Crippen molar-refractivity contribution < 1.29 is 22.7 Å². The number of hydrogen-bond acceptors (Lipinski definition) is 5. The standard InChI is InChI=1S/C27H21FN2O4S2/c1-36(33,34)21-9-6-17(7-10-21)12-20-15-30(27-29-24(16-35-27)26(31)32)25-11-8-18(14-22(20)25)13-19-4-2-3-5-23(19)28/h2-11,14-16H,12-13H2,1H3,(H,31,32). The highest BCUT2D eigenvalue weighted by Crippen LogP contribution is 2.30. The molecular weight excluding hydrogens is 499 g/mol. The molecule has 0 bridgehead atoms. The molecule has 9 heteroatoms. The lowest BCUT2D eigenvalue weighted by atomic mass is 9.99. The number of aromatic carboxylic acids is 1. The maximum atomic E-state index is 14.3. The predicted octanol–water partition coefficient (Wildman–Crippen LogP) is 5.51. The first-order valence-electron chi connectivity index (χ1n) is 11.0. The zero-order valence-electron chi connectivity index (χ0n) is 19.2. The molecular formula is C27H21FN2O4S2. The highest BCUT2D eigenvalue weighted by Gasteiger charge is 2.16. The molecule has 0 fully saturated rings. The van der Waals surface area contributed by atoms with E-state index >= 15 is 0 Å². The average Bonchev–Trinajstić information content (AvgIpc) is 3.46. The van der Waals surface area contributed by atoms with Gasteiger partial charge in [0, 0.05) is 29.6 Å². The largest absolute Gasteiger partial charge is 0.476 e. The van der Waals surface area contributed by atoms with Crippen molar-refractivity contribution in [1.82, 2.24) is 9.55 Å². The van der Waals surface area contributed by atoms with Crippen molar-refractivity contribution in [3.8, 4) is 5.13 Å². The van der Waals surface area contributed by atoms with E-state index in [-0.39, 0.29) is 16.4 Å². The number of aromatic nitrogens is 2. The molecule has 0 aliphatic carbocycles. The predicted molar refractivity (Wildman–Crippen MR) is 137 cm³/mol. The topological polar surface area (TPSA) is 89.3 Å². The Morgan fingerprint density at radius 2 is 1.69 bits per heavy atom. The number of fused-ring (bicyclic) bond motifs is 1. The van der Waals surface area contributed by atoms with E-state index in [1.165, 1.54) is 29.0 Å². The van der Waals surface area contributed by atoms with Gasteiger partial charge in [0.05, 0.1) is 10.4 Å². The first-order chi connectivity index (χ1) is 17.2. The summed E-state index contributed by atoms with van der Waals surface area (Å²) in [5.74, 6) is -1.35. The number of halogens is 1. The summed E-state index contributed by atoms with van der Waals surface area (Å²) in [5.41, 5.74) is 4.24. The molecule has 0 aliphatic heterocycles. The Morgan fingerprint density at radius 1 is 1.00 bits per heavy atom. The summed E-state index contributed by atoms with van der Waals surface area (Å²) >= 11 is 1.23. The van der Waals surface area contributed by atoms with Crippen LogP contribution in [0.2, 0.25) is 0 Å². The fraction of sp³-hybridized carbons (Fsp3) is 0.111. The Morgan fingerprint density at radius 3 is 2.36 bits per heavy atom. The summed E-state index contributed by atoms with van der Waals surface area (Å²) in [4.78, 5) is 15.9. The Bertz CT molecular complexity index is 1700. The van der Waals surface area contributed by atoms with Crippen LogP contribution in [0.3, 0.4) is 0 Å². The van der Waals surface area contributed by atoms with Crippen molar-refractivity contribution in [1.29, 1.82) is 0 Å². The molecule has 36 heavy (non-hydrogen) atoms. The summed E-state index contributed by atoms with van der Waals surface area (Å²) in [6.07, 6.45) is 4.04. The van der Waals surface area contributed by atoms with Crippen LogP contribution in [0.25, 0.3) is 16.0 Å². The van der Waals surface area contributed by atoms with Crippen LogP contribution in [0.5, 0.6) is 0 Å². The van der Waals surface area contributed by atoms with Gasteiger partial charge in [-0.2, -0.15) is 0 Å². The molecule has 1 N–H and O–H groups in total. The second-order valence-corrected chi connectivity index (χ2v) is 11.4. The molecule has 5 aromatic rings. The zero-order chi connectivity index (χ0) is 25.4. The number of rotatable bonds is 7. The van der Waals surface area contributed by atoms with Gasteiger partial charge in [0.25, 0.3) is 0 Å². The normalized spacial score (nSPS) is 11.7. The van der Waals surface area contributed by atoms with Crippen LogP contribution in [0.1, 0.15) is 32.7 Å². The fourth-order valence-electron chi connectivity index (χ4n) is 4.16. The summed E-state index contributed by atoms with van der Waals surface area (Å²) in [6.45, 7) is 0. The second kappa shape index (κ2) is 9.33. The van der Waals surface area contributed by atoms with E-state index in [4.69, 9.17) is 0 Å². The number of benzene rings is 3. The summed E-state index contributed by atoms with van der Waals surface area (Å²) in [7, 11) is -3.29. The molecule has 6 nitrogen and oxygen atoms in total. The minimum absolute atomic E-state index is 0.0223. The van der Waals surface area contributed by atoms with Crippen LogP contribution in [-0.4, -0.2) is 35.3 Å². The molecule has 182 valence electrons. The van der Waals surface area contributed by atoms with Gasteiger partial charge in [0.15, 0.2) is 20.7 Å². The van der Waals surface area contributed by atoms with Gasteiger partial charge in [-0.05, 0) is 59.0 Å². The highest BCUT2D eigenvalue weighted by atomic mass is 32.2. The van der Waals surface area contributed by atoms with Crippen molar-refractivity contribution in [3.05, 3.63) is 112 Å². The number of nitrogens with zero attached hydrogens (tertiary/aromatic N) is 2. The van der Waals surface area contributed by atoms with Crippen molar-refractivity contribution in [2.75, 3.05) is 6.26 Å². The number of carbonyl (C=O) groups is 1. The quantitative estimate of drug-likeness (QED) is 0.306. The molecule has 0 unspecified atom stereocenters. The third-order valence-corrected chi connectivity index (χ3v) is 7.94. The minimum Gasteiger partial charge on any atom is -0.476 e. The molecule has 0 atom stereocenters. The zero-order valence-corrected chi connectivity index (χ0v) is 20.8. The van der Waals surface area contributed by atoms with Crippen molar-refractivity contribution in [3.63, 3.8) is 0 Å². The fourth-order valence-corrected chi connectivity index (χ4v) is 5.58. The van der Waals surface area contributed by atoms with Crippen LogP contribution in [0.15, 0.2) is 83.2 Å². The maximum absolute atomic E-state index is 14.3. The number of sulfone groups is 1. The van der Waals surface area contributed by atoms with Crippen LogP contribution in [-0.2, 0) is 22.7 Å². The van der Waals surface area contributed by atoms with Crippen LogP contribution < -0.4 is 0 Å². The lowest BCUT2D eigenvalue weighted by Gasteiger charge is -2.06. The monoisotopic (exact) mass is 520 g/mol. The lowest BCUT2D eigenvalue weighted by molar-refractivity contribution is 0.0691. The van der Waals surface area contributed by atoms with E-state index in [1.54, 1.807) is 36.4 Å². The molecule has 0 amide bonds. The molecule has 2 heterocycles. The van der Waals surface area contributed by atoms with E-state index < -0.39 is 15.8 Å². The number of carboxylic acid groups (broad SMARTS) is 1. The van der Waals surface area contributed by atoms with Gasteiger partial charge in [-0.25, -0.2) is 22.6 Å². The number of thiazole rings is 1. The molecule has 0 radical (unpaired) electrons. The summed E-state index contributed by atoms with van der Waals surface area (Å²) in [5, 5.41) is 12.3. The van der Waals surface area contributed by atoms with Crippen LogP contribution in [0.4, 0.5) is 4.39 Å². The molecule has 2 aromatic heterocycles. The number of hydrogen-bond donors (Lipinski definition) is 1. The Balaban J connectivity index is 1.59. The van der Waals surface area contributed by atoms with Crippen LogP contribution >= 0.6 is 11.3 Å². The van der Waals surface area contributed by atoms with Crippen molar-refractivity contribution in [2.45, 2.75) is 17.7 Å². The van der Waals surface area contributed by atoms with Gasteiger partial charge in [-0.3, -0.25) is 4.57 Å². The molecule has 0 saturated heterocycles. The van der Waals surface area contributed by atoms with Crippen LogP contribution in [0, 0.1) is 5.82 Å². The number of carboxylic acids is 1. The highest BCUT2D eigenvalue weighted by molar-refractivity contribution is 7.90. The Labute approximate surface area is 211 Å². The van der Waals surface area contributed by atoms with Crippen molar-refractivity contribution >= 4 is 38.0 Å².